The number of nitrogens with one attached hydrogen (secondary N) is 1. The van der Waals surface area contributed by atoms with Crippen LogP contribution in [-0.2, 0) is 0 Å². The van der Waals surface area contributed by atoms with Crippen molar-refractivity contribution in [3.63, 3.8) is 0 Å². The first-order chi connectivity index (χ1) is 12.6. The van der Waals surface area contributed by atoms with Gasteiger partial charge in [-0.15, -0.1) is 0 Å². The number of aromatic nitrogens is 2. The van der Waals surface area contributed by atoms with E-state index in [4.69, 9.17) is 23.2 Å². The number of hydrogen-bond donors (Lipinski definition) is 2. The monoisotopic (exact) mass is 424 g/mol. The van der Waals surface area contributed by atoms with Crippen LogP contribution in [0.1, 0.15) is 16.9 Å². The lowest BCUT2D eigenvalue weighted by Crippen LogP contribution is -2.51. The Morgan fingerprint density at radius 1 is 1.22 bits per heavy atom. The molecule has 2 aromatic rings. The fraction of sp³-hybridized carbons (Fsp3) is 0.267. The van der Waals surface area contributed by atoms with E-state index < -0.39 is 36.6 Å². The van der Waals surface area contributed by atoms with E-state index in [1.165, 1.54) is 18.2 Å². The van der Waals surface area contributed by atoms with Gasteiger partial charge in [0.05, 0.1) is 15.7 Å². The third-order valence-corrected chi connectivity index (χ3v) is 4.59. The van der Waals surface area contributed by atoms with Gasteiger partial charge in [-0.1, -0.05) is 29.3 Å². The van der Waals surface area contributed by atoms with E-state index in [1.54, 1.807) is 6.07 Å². The van der Waals surface area contributed by atoms with Crippen molar-refractivity contribution in [2.45, 2.75) is 25.0 Å². The predicted octanol–water partition coefficient (Wildman–Crippen LogP) is 3.80. The molecule has 0 saturated carbocycles. The van der Waals surface area contributed by atoms with E-state index in [9.17, 15) is 27.5 Å². The molecule has 0 spiro atoms. The van der Waals surface area contributed by atoms with E-state index in [0.717, 1.165) is 0 Å². The van der Waals surface area contributed by atoms with Gasteiger partial charge in [0.25, 0.3) is 18.8 Å². The van der Waals surface area contributed by atoms with Gasteiger partial charge < -0.3 is 5.11 Å². The summed E-state index contributed by atoms with van der Waals surface area (Å²) in [5.74, 6) is -1.24. The molecule has 1 aliphatic rings. The van der Waals surface area contributed by atoms with Crippen molar-refractivity contribution in [3.05, 3.63) is 40.0 Å². The number of carbonyl (C=O) groups excluding carboxylic acids is 1. The molecule has 27 heavy (non-hydrogen) atoms. The van der Waals surface area contributed by atoms with Crippen LogP contribution in [0.3, 0.4) is 0 Å². The van der Waals surface area contributed by atoms with Gasteiger partial charge in [0, 0.05) is 12.0 Å². The second-order valence-electron chi connectivity index (χ2n) is 5.66. The van der Waals surface area contributed by atoms with Crippen LogP contribution in [-0.4, -0.2) is 50.5 Å². The first kappa shape index (κ1) is 19.6. The Bertz CT molecular complexity index is 921. The van der Waals surface area contributed by atoms with Gasteiger partial charge in [-0.25, -0.2) is 17.6 Å². The number of benzene rings is 1. The Labute approximate surface area is 159 Å². The number of H-pyrrole nitrogens is 1. The van der Waals surface area contributed by atoms with E-state index in [2.05, 4.69) is 15.3 Å². The van der Waals surface area contributed by atoms with Gasteiger partial charge in [-0.2, -0.15) is 15.2 Å². The van der Waals surface area contributed by atoms with Gasteiger partial charge in [0.1, 0.15) is 11.4 Å². The molecule has 0 saturated heterocycles. The number of carbonyl (C=O) groups is 1. The van der Waals surface area contributed by atoms with Crippen LogP contribution in [0.15, 0.2) is 29.4 Å². The maximum absolute atomic E-state index is 13.2. The molecule has 2 heterocycles. The molecule has 0 fully saturated rings. The molecule has 0 radical (unpaired) electrons. The lowest BCUT2D eigenvalue weighted by Gasteiger charge is -2.29. The Kier molecular flexibility index (Phi) is 5.15. The molecule has 0 unspecified atom stereocenters. The lowest BCUT2D eigenvalue weighted by molar-refractivity contribution is -0.164. The summed E-state index contributed by atoms with van der Waals surface area (Å²) in [6.07, 6.45) is -7.87. The van der Waals surface area contributed by atoms with Crippen LogP contribution in [0.4, 0.5) is 17.6 Å². The van der Waals surface area contributed by atoms with Crippen LogP contribution < -0.4 is 0 Å². The molecule has 144 valence electrons. The molecule has 0 bridgehead atoms. The van der Waals surface area contributed by atoms with Gasteiger partial charge >= 0.3 is 0 Å². The number of aliphatic hydroxyl groups is 1. The van der Waals surface area contributed by atoms with Crippen molar-refractivity contribution in [2.75, 3.05) is 0 Å². The first-order valence-corrected chi connectivity index (χ1v) is 8.10. The topological polar surface area (TPSA) is 81.6 Å². The molecule has 0 aliphatic carbocycles. The maximum atomic E-state index is 13.2. The minimum absolute atomic E-state index is 0.0503. The number of hydrogen-bond acceptors (Lipinski definition) is 4. The average Bonchev–Trinajstić information content (AvgIpc) is 3.22. The van der Waals surface area contributed by atoms with E-state index >= 15 is 0 Å². The second-order valence-corrected chi connectivity index (χ2v) is 6.48. The Balaban J connectivity index is 1.93. The van der Waals surface area contributed by atoms with Gasteiger partial charge in [0.15, 0.2) is 0 Å². The quantitative estimate of drug-likeness (QED) is 0.732. The smallest absolute Gasteiger partial charge is 0.294 e. The SMILES string of the molecule is O=C(c1cc(-c2ccc(Cl)c(Cl)c2)n[nH]1)N1N=C(C(F)F)C[C@]1(O)C(F)F. The summed E-state index contributed by atoms with van der Waals surface area (Å²) in [5.41, 5.74) is -3.85. The minimum Gasteiger partial charge on any atom is -0.364 e. The van der Waals surface area contributed by atoms with Crippen LogP contribution >= 0.6 is 23.2 Å². The van der Waals surface area contributed by atoms with E-state index in [0.29, 0.717) is 10.6 Å². The Hall–Kier alpha value is -2.17. The second kappa shape index (κ2) is 7.10. The van der Waals surface area contributed by atoms with Crippen molar-refractivity contribution < 1.29 is 27.5 Å². The fourth-order valence-corrected chi connectivity index (χ4v) is 2.75. The molecule has 2 N–H and O–H groups in total. The summed E-state index contributed by atoms with van der Waals surface area (Å²) in [4.78, 5) is 12.5. The third kappa shape index (κ3) is 3.52. The molecule has 1 aromatic heterocycles. The number of hydrazone groups is 1. The molecular formula is C15H10Cl2F4N4O2. The van der Waals surface area contributed by atoms with Gasteiger partial charge in [0.2, 0.25) is 5.72 Å². The third-order valence-electron chi connectivity index (χ3n) is 3.85. The van der Waals surface area contributed by atoms with Gasteiger partial charge in [-0.05, 0) is 18.2 Å². The summed E-state index contributed by atoms with van der Waals surface area (Å²) in [6.45, 7) is 0. The summed E-state index contributed by atoms with van der Waals surface area (Å²) < 4.78 is 52.1. The summed E-state index contributed by atoms with van der Waals surface area (Å²) >= 11 is 11.7. The van der Waals surface area contributed by atoms with Gasteiger partial charge in [-0.3, -0.25) is 9.89 Å². The number of aromatic amines is 1. The van der Waals surface area contributed by atoms with Crippen molar-refractivity contribution in [1.82, 2.24) is 15.2 Å². The summed E-state index contributed by atoms with van der Waals surface area (Å²) in [5, 5.41) is 19.8. The molecule has 1 atom stereocenters. The standard InChI is InChI=1S/C15H10Cl2F4N4O2/c16-7-2-1-6(3-8(7)17)9-4-10(23-22-9)13(26)25-15(27,14(20)21)5-11(24-25)12(18)19/h1-4,12,14,27H,5H2,(H,22,23)/t15-/m0/s1. The zero-order valence-electron chi connectivity index (χ0n) is 13.1. The minimum atomic E-state index is -3.51. The normalized spacial score (nSPS) is 19.9. The van der Waals surface area contributed by atoms with Crippen LogP contribution in [0.5, 0.6) is 0 Å². The highest BCUT2D eigenvalue weighted by molar-refractivity contribution is 6.42. The van der Waals surface area contributed by atoms with Crippen molar-refractivity contribution in [3.8, 4) is 11.3 Å². The number of nitrogens with zero attached hydrogens (tertiary/aromatic N) is 3. The number of alkyl halides is 4. The van der Waals surface area contributed by atoms with E-state index in [1.807, 2.05) is 0 Å². The summed E-state index contributed by atoms with van der Waals surface area (Å²) in [6, 6.07) is 5.69. The molecular weight excluding hydrogens is 415 g/mol. The molecule has 1 aromatic carbocycles. The largest absolute Gasteiger partial charge is 0.364 e. The molecule has 12 heteroatoms. The Morgan fingerprint density at radius 3 is 2.52 bits per heavy atom. The average molecular weight is 425 g/mol. The molecule has 1 aliphatic heterocycles. The molecule has 1 amide bonds. The first-order valence-electron chi connectivity index (χ1n) is 7.35. The highest BCUT2D eigenvalue weighted by Gasteiger charge is 2.53. The maximum Gasteiger partial charge on any atom is 0.294 e. The van der Waals surface area contributed by atoms with E-state index in [-0.39, 0.29) is 21.4 Å². The van der Waals surface area contributed by atoms with Crippen molar-refractivity contribution in [2.24, 2.45) is 5.10 Å². The number of amides is 1. The number of rotatable bonds is 4. The highest BCUT2D eigenvalue weighted by Crippen LogP contribution is 2.34. The molecule has 6 nitrogen and oxygen atoms in total. The fourth-order valence-electron chi connectivity index (χ4n) is 2.45. The molecule has 3 rings (SSSR count). The van der Waals surface area contributed by atoms with Crippen LogP contribution in [0.25, 0.3) is 11.3 Å². The predicted molar refractivity (Wildman–Crippen MR) is 89.2 cm³/mol. The zero-order chi connectivity index (χ0) is 19.9. The summed E-state index contributed by atoms with van der Waals surface area (Å²) in [7, 11) is 0. The van der Waals surface area contributed by atoms with Crippen LogP contribution in [0, 0.1) is 0 Å². The van der Waals surface area contributed by atoms with Crippen LogP contribution in [0.2, 0.25) is 10.0 Å². The number of halogens is 6. The lowest BCUT2D eigenvalue weighted by atomic mass is 10.1. The van der Waals surface area contributed by atoms with Crippen molar-refractivity contribution >= 4 is 34.8 Å². The van der Waals surface area contributed by atoms with Crippen molar-refractivity contribution in [1.29, 1.82) is 0 Å². The Morgan fingerprint density at radius 2 is 1.93 bits per heavy atom. The highest BCUT2D eigenvalue weighted by atomic mass is 35.5. The zero-order valence-corrected chi connectivity index (χ0v) is 14.6.